The summed E-state index contributed by atoms with van der Waals surface area (Å²) in [5, 5.41) is 0.964. The van der Waals surface area contributed by atoms with Crippen LogP contribution in [0.2, 0.25) is 0 Å². The van der Waals surface area contributed by atoms with Crippen molar-refractivity contribution in [2.75, 3.05) is 7.11 Å². The smallest absolute Gasteiger partial charge is 0.167 e. The Balaban J connectivity index is 2.79. The molecule has 0 spiro atoms. The number of hydrogen-bond donors (Lipinski definition) is 0. The fourth-order valence-electron chi connectivity index (χ4n) is 1.89. The normalized spacial score (nSPS) is 10.8. The molecule has 2 nitrogen and oxygen atoms in total. The van der Waals surface area contributed by atoms with Gasteiger partial charge < -0.3 is 4.74 Å². The lowest BCUT2D eigenvalue weighted by molar-refractivity contribution is 0.387. The van der Waals surface area contributed by atoms with Gasteiger partial charge in [-0.25, -0.2) is 4.39 Å². The molecule has 0 bridgehead atoms. The summed E-state index contributed by atoms with van der Waals surface area (Å²) in [5.74, 6) is -0.0944. The third-order valence-electron chi connectivity index (χ3n) is 2.68. The number of ether oxygens (including phenoxy) is 1. The van der Waals surface area contributed by atoms with E-state index in [1.54, 1.807) is 6.07 Å². The number of benzene rings is 1. The third kappa shape index (κ3) is 1.73. The molecule has 2 aromatic rings. The van der Waals surface area contributed by atoms with Crippen molar-refractivity contribution >= 4 is 10.9 Å². The monoisotopic (exact) mass is 219 g/mol. The molecule has 0 atom stereocenters. The molecule has 0 aliphatic carbocycles. The largest absolute Gasteiger partial charge is 0.494 e. The molecular formula is C13H14FNO. The minimum Gasteiger partial charge on any atom is -0.494 e. The van der Waals surface area contributed by atoms with E-state index in [-0.39, 0.29) is 11.6 Å². The zero-order valence-electron chi connectivity index (χ0n) is 9.67. The molecule has 84 valence electrons. The predicted molar refractivity (Wildman–Crippen MR) is 62.4 cm³/mol. The average molecular weight is 219 g/mol. The lowest BCUT2D eigenvalue weighted by Crippen LogP contribution is -1.94. The summed E-state index contributed by atoms with van der Waals surface area (Å²) in [6.07, 6.45) is 0.897. The molecule has 0 aliphatic rings. The molecule has 3 heteroatoms. The molecule has 1 aromatic heterocycles. The Morgan fingerprint density at radius 2 is 2.06 bits per heavy atom. The summed E-state index contributed by atoms with van der Waals surface area (Å²) in [5.41, 5.74) is 2.77. The summed E-state index contributed by atoms with van der Waals surface area (Å²) < 4.78 is 18.5. The van der Waals surface area contributed by atoms with Crippen LogP contribution in [0.3, 0.4) is 0 Å². The summed E-state index contributed by atoms with van der Waals surface area (Å²) in [6.45, 7) is 3.99. The van der Waals surface area contributed by atoms with Crippen LogP contribution in [0.15, 0.2) is 18.2 Å². The van der Waals surface area contributed by atoms with E-state index in [9.17, 15) is 4.39 Å². The highest BCUT2D eigenvalue weighted by Gasteiger charge is 2.09. The minimum atomic E-state index is -0.366. The standard InChI is InChI=1S/C13H14FNO/c1-4-9-5-8(2)15-12-7-11(14)13(16-3)6-10(9)12/h5-7H,4H2,1-3H3. The van der Waals surface area contributed by atoms with E-state index in [2.05, 4.69) is 11.9 Å². The molecule has 0 N–H and O–H groups in total. The van der Waals surface area contributed by atoms with Crippen molar-refractivity contribution in [3.8, 4) is 5.75 Å². The Hall–Kier alpha value is -1.64. The number of nitrogens with zero attached hydrogens (tertiary/aromatic N) is 1. The number of hydrogen-bond acceptors (Lipinski definition) is 2. The zero-order valence-corrected chi connectivity index (χ0v) is 9.67. The van der Waals surface area contributed by atoms with E-state index >= 15 is 0 Å². The summed E-state index contributed by atoms with van der Waals surface area (Å²) in [4.78, 5) is 4.32. The van der Waals surface area contributed by atoms with Crippen LogP contribution in [-0.2, 0) is 6.42 Å². The van der Waals surface area contributed by atoms with Crippen LogP contribution in [0.1, 0.15) is 18.2 Å². The van der Waals surface area contributed by atoms with E-state index in [1.165, 1.54) is 18.7 Å². The number of methoxy groups -OCH3 is 1. The van der Waals surface area contributed by atoms with Gasteiger partial charge in [0, 0.05) is 17.1 Å². The molecule has 1 heterocycles. The minimum absolute atomic E-state index is 0.271. The van der Waals surface area contributed by atoms with E-state index in [4.69, 9.17) is 4.74 Å². The van der Waals surface area contributed by atoms with Gasteiger partial charge >= 0.3 is 0 Å². The predicted octanol–water partition coefficient (Wildman–Crippen LogP) is 3.25. The van der Waals surface area contributed by atoms with Crippen molar-refractivity contribution < 1.29 is 9.13 Å². The van der Waals surface area contributed by atoms with Gasteiger partial charge in [0.1, 0.15) is 0 Å². The van der Waals surface area contributed by atoms with Gasteiger partial charge in [0.15, 0.2) is 11.6 Å². The summed E-state index contributed by atoms with van der Waals surface area (Å²) in [7, 11) is 1.47. The molecule has 0 saturated heterocycles. The topological polar surface area (TPSA) is 22.1 Å². The number of fused-ring (bicyclic) bond motifs is 1. The molecular weight excluding hydrogens is 205 g/mol. The third-order valence-corrected chi connectivity index (χ3v) is 2.68. The maximum absolute atomic E-state index is 13.5. The van der Waals surface area contributed by atoms with Crippen LogP contribution < -0.4 is 4.74 Å². The molecule has 2 rings (SSSR count). The number of pyridine rings is 1. The lowest BCUT2D eigenvalue weighted by Gasteiger charge is -2.08. The first-order valence-corrected chi connectivity index (χ1v) is 5.29. The van der Waals surface area contributed by atoms with E-state index in [0.717, 1.165) is 17.5 Å². The molecule has 0 aliphatic heterocycles. The first kappa shape index (κ1) is 10.9. The molecule has 0 amide bonds. The summed E-state index contributed by atoms with van der Waals surface area (Å²) in [6, 6.07) is 5.18. The van der Waals surface area contributed by atoms with Crippen LogP contribution in [0.5, 0.6) is 5.75 Å². The Morgan fingerprint density at radius 3 is 2.69 bits per heavy atom. The molecule has 0 radical (unpaired) electrons. The van der Waals surface area contributed by atoms with Crippen LogP contribution in [0.4, 0.5) is 4.39 Å². The van der Waals surface area contributed by atoms with Crippen molar-refractivity contribution in [3.05, 3.63) is 35.3 Å². The van der Waals surface area contributed by atoms with Crippen LogP contribution >= 0.6 is 0 Å². The van der Waals surface area contributed by atoms with Crippen molar-refractivity contribution in [2.24, 2.45) is 0 Å². The fraction of sp³-hybridized carbons (Fsp3) is 0.308. The first-order valence-electron chi connectivity index (χ1n) is 5.29. The molecule has 0 unspecified atom stereocenters. The Morgan fingerprint density at radius 1 is 1.31 bits per heavy atom. The van der Waals surface area contributed by atoms with Crippen molar-refractivity contribution in [3.63, 3.8) is 0 Å². The van der Waals surface area contributed by atoms with E-state index < -0.39 is 0 Å². The van der Waals surface area contributed by atoms with Gasteiger partial charge in [-0.05, 0) is 31.0 Å². The first-order chi connectivity index (χ1) is 7.65. The SMILES string of the molecule is CCc1cc(C)nc2cc(F)c(OC)cc12. The number of aromatic nitrogens is 1. The van der Waals surface area contributed by atoms with Gasteiger partial charge in [0.2, 0.25) is 0 Å². The molecule has 1 aromatic carbocycles. The molecule has 16 heavy (non-hydrogen) atoms. The second-order valence-electron chi connectivity index (χ2n) is 3.78. The highest BCUT2D eigenvalue weighted by atomic mass is 19.1. The van der Waals surface area contributed by atoms with Gasteiger partial charge in [-0.3, -0.25) is 4.98 Å². The maximum Gasteiger partial charge on any atom is 0.167 e. The van der Waals surface area contributed by atoms with E-state index in [0.29, 0.717) is 5.52 Å². The highest BCUT2D eigenvalue weighted by Crippen LogP contribution is 2.26. The molecule has 0 saturated carbocycles. The second kappa shape index (κ2) is 4.08. The Bertz CT molecular complexity index is 537. The Kier molecular flexibility index (Phi) is 2.77. The Labute approximate surface area is 94.1 Å². The average Bonchev–Trinajstić information content (AvgIpc) is 2.26. The van der Waals surface area contributed by atoms with Crippen molar-refractivity contribution in [1.29, 1.82) is 0 Å². The van der Waals surface area contributed by atoms with Crippen LogP contribution in [0, 0.1) is 12.7 Å². The zero-order chi connectivity index (χ0) is 11.7. The quantitative estimate of drug-likeness (QED) is 0.773. The van der Waals surface area contributed by atoms with Gasteiger partial charge in [0.25, 0.3) is 0 Å². The van der Waals surface area contributed by atoms with Crippen molar-refractivity contribution in [2.45, 2.75) is 20.3 Å². The maximum atomic E-state index is 13.5. The highest BCUT2D eigenvalue weighted by molar-refractivity contribution is 5.84. The van der Waals surface area contributed by atoms with Gasteiger partial charge in [-0.1, -0.05) is 6.92 Å². The van der Waals surface area contributed by atoms with Crippen LogP contribution in [0.25, 0.3) is 10.9 Å². The van der Waals surface area contributed by atoms with Gasteiger partial charge in [-0.15, -0.1) is 0 Å². The summed E-state index contributed by atoms with van der Waals surface area (Å²) >= 11 is 0. The number of halogens is 1. The number of rotatable bonds is 2. The van der Waals surface area contributed by atoms with Crippen LogP contribution in [-0.4, -0.2) is 12.1 Å². The second-order valence-corrected chi connectivity index (χ2v) is 3.78. The van der Waals surface area contributed by atoms with E-state index in [1.807, 2.05) is 13.0 Å². The van der Waals surface area contributed by atoms with Gasteiger partial charge in [-0.2, -0.15) is 0 Å². The lowest BCUT2D eigenvalue weighted by atomic mass is 10.1. The number of aryl methyl sites for hydroxylation is 2. The van der Waals surface area contributed by atoms with Crippen molar-refractivity contribution in [1.82, 2.24) is 4.98 Å². The van der Waals surface area contributed by atoms with Gasteiger partial charge in [0.05, 0.1) is 12.6 Å². The fourth-order valence-corrected chi connectivity index (χ4v) is 1.89. The molecule has 0 fully saturated rings.